The van der Waals surface area contributed by atoms with Crippen LogP contribution in [0.25, 0.3) is 0 Å². The van der Waals surface area contributed by atoms with E-state index in [-0.39, 0.29) is 24.2 Å². The zero-order valence-electron chi connectivity index (χ0n) is 16.1. The number of carbonyl (C=O) groups excluding carboxylic acids is 1. The van der Waals surface area contributed by atoms with Crippen LogP contribution >= 0.6 is 0 Å². The topological polar surface area (TPSA) is 57.2 Å². The molecule has 1 aromatic carbocycles. The first kappa shape index (κ1) is 18.7. The van der Waals surface area contributed by atoms with Crippen LogP contribution in [-0.2, 0) is 31.0 Å². The number of hydrogen-bond acceptors (Lipinski definition) is 5. The van der Waals surface area contributed by atoms with Gasteiger partial charge >= 0.3 is 0 Å². The Kier molecular flexibility index (Phi) is 5.66. The SMILES string of the molecule is COc1cccc2c1C1(CCN(C(=O)COCC3CCCO3)CC1)OCC2. The van der Waals surface area contributed by atoms with Crippen molar-refractivity contribution in [1.29, 1.82) is 0 Å². The van der Waals surface area contributed by atoms with Gasteiger partial charge in [0.15, 0.2) is 0 Å². The number of likely N-dealkylation sites (tertiary alicyclic amines) is 1. The largest absolute Gasteiger partial charge is 0.496 e. The van der Waals surface area contributed by atoms with Crippen molar-refractivity contribution in [2.75, 3.05) is 46.6 Å². The van der Waals surface area contributed by atoms with E-state index >= 15 is 0 Å². The third-order valence-electron chi connectivity index (χ3n) is 6.01. The molecule has 1 unspecified atom stereocenters. The first-order valence-electron chi connectivity index (χ1n) is 9.99. The standard InChI is InChI=1S/C21H29NO5/c1-24-18-6-2-4-16-7-13-27-21(20(16)18)8-10-22(11-9-21)19(23)15-25-14-17-5-3-12-26-17/h2,4,6,17H,3,5,7-15H2,1H3. The zero-order chi connectivity index (χ0) is 18.7. The Morgan fingerprint density at radius 1 is 1.30 bits per heavy atom. The van der Waals surface area contributed by atoms with Crippen molar-refractivity contribution in [3.05, 3.63) is 29.3 Å². The molecule has 2 saturated heterocycles. The minimum Gasteiger partial charge on any atom is -0.496 e. The summed E-state index contributed by atoms with van der Waals surface area (Å²) in [6.07, 6.45) is 4.76. The highest BCUT2D eigenvalue weighted by Gasteiger charge is 2.43. The number of amides is 1. The molecular weight excluding hydrogens is 346 g/mol. The quantitative estimate of drug-likeness (QED) is 0.790. The fraction of sp³-hybridized carbons (Fsp3) is 0.667. The smallest absolute Gasteiger partial charge is 0.248 e. The molecule has 1 spiro atoms. The lowest BCUT2D eigenvalue weighted by Crippen LogP contribution is -2.49. The van der Waals surface area contributed by atoms with E-state index in [2.05, 4.69) is 6.07 Å². The van der Waals surface area contributed by atoms with E-state index in [1.165, 1.54) is 11.1 Å². The van der Waals surface area contributed by atoms with E-state index < -0.39 is 0 Å². The highest BCUT2D eigenvalue weighted by Crippen LogP contribution is 2.45. The molecular formula is C21H29NO5. The lowest BCUT2D eigenvalue weighted by molar-refractivity contribution is -0.146. The molecule has 3 heterocycles. The summed E-state index contributed by atoms with van der Waals surface area (Å²) >= 11 is 0. The number of ether oxygens (including phenoxy) is 4. The van der Waals surface area contributed by atoms with Crippen LogP contribution in [0.5, 0.6) is 5.75 Å². The number of methoxy groups -OCH3 is 1. The Bertz CT molecular complexity index is 648. The second-order valence-corrected chi connectivity index (χ2v) is 7.62. The molecule has 3 aliphatic heterocycles. The second kappa shape index (κ2) is 8.17. The molecule has 148 valence electrons. The van der Waals surface area contributed by atoms with E-state index in [0.717, 1.165) is 51.1 Å². The van der Waals surface area contributed by atoms with E-state index in [1.807, 2.05) is 17.0 Å². The number of nitrogens with zero attached hydrogens (tertiary/aromatic N) is 1. The van der Waals surface area contributed by atoms with Gasteiger partial charge in [-0.15, -0.1) is 0 Å². The van der Waals surface area contributed by atoms with E-state index in [0.29, 0.717) is 19.7 Å². The van der Waals surface area contributed by atoms with Crippen LogP contribution < -0.4 is 4.74 Å². The molecule has 1 amide bonds. The van der Waals surface area contributed by atoms with Gasteiger partial charge in [-0.25, -0.2) is 0 Å². The van der Waals surface area contributed by atoms with Crippen LogP contribution in [0.4, 0.5) is 0 Å². The maximum Gasteiger partial charge on any atom is 0.248 e. The van der Waals surface area contributed by atoms with Gasteiger partial charge < -0.3 is 23.8 Å². The average Bonchev–Trinajstić information content (AvgIpc) is 3.22. The van der Waals surface area contributed by atoms with Gasteiger partial charge in [-0.3, -0.25) is 4.79 Å². The Labute approximate surface area is 160 Å². The van der Waals surface area contributed by atoms with E-state index in [9.17, 15) is 4.79 Å². The monoisotopic (exact) mass is 375 g/mol. The van der Waals surface area contributed by atoms with Gasteiger partial charge in [0.2, 0.25) is 5.91 Å². The van der Waals surface area contributed by atoms with Gasteiger partial charge in [-0.2, -0.15) is 0 Å². The summed E-state index contributed by atoms with van der Waals surface area (Å²) in [5, 5.41) is 0. The summed E-state index contributed by atoms with van der Waals surface area (Å²) in [6.45, 7) is 3.53. The fourth-order valence-corrected chi connectivity index (χ4v) is 4.56. The van der Waals surface area contributed by atoms with Gasteiger partial charge in [-0.1, -0.05) is 12.1 Å². The van der Waals surface area contributed by atoms with Crippen molar-refractivity contribution in [1.82, 2.24) is 4.90 Å². The van der Waals surface area contributed by atoms with Crippen molar-refractivity contribution in [2.45, 2.75) is 43.8 Å². The maximum absolute atomic E-state index is 12.5. The third-order valence-corrected chi connectivity index (χ3v) is 6.01. The fourth-order valence-electron chi connectivity index (χ4n) is 4.56. The Balaban J connectivity index is 1.36. The van der Waals surface area contributed by atoms with Crippen LogP contribution in [0.15, 0.2) is 18.2 Å². The molecule has 1 atom stereocenters. The summed E-state index contributed by atoms with van der Waals surface area (Å²) in [4.78, 5) is 14.4. The molecule has 27 heavy (non-hydrogen) atoms. The highest BCUT2D eigenvalue weighted by molar-refractivity contribution is 5.77. The molecule has 4 rings (SSSR count). The Morgan fingerprint density at radius 2 is 2.15 bits per heavy atom. The first-order chi connectivity index (χ1) is 13.2. The molecule has 3 aliphatic rings. The number of carbonyl (C=O) groups is 1. The number of fused-ring (bicyclic) bond motifs is 2. The summed E-state index contributed by atoms with van der Waals surface area (Å²) < 4.78 is 23.0. The van der Waals surface area contributed by atoms with E-state index in [1.54, 1.807) is 7.11 Å². The molecule has 0 radical (unpaired) electrons. The number of benzene rings is 1. The molecule has 6 heteroatoms. The zero-order valence-corrected chi connectivity index (χ0v) is 16.1. The van der Waals surface area contributed by atoms with Crippen molar-refractivity contribution < 1.29 is 23.7 Å². The van der Waals surface area contributed by atoms with Gasteiger partial charge in [0, 0.05) is 25.3 Å². The first-order valence-corrected chi connectivity index (χ1v) is 9.99. The molecule has 0 aromatic heterocycles. The third kappa shape index (κ3) is 3.84. The summed E-state index contributed by atoms with van der Waals surface area (Å²) in [6, 6.07) is 6.21. The molecule has 1 aromatic rings. The molecule has 0 saturated carbocycles. The summed E-state index contributed by atoms with van der Waals surface area (Å²) in [5.41, 5.74) is 2.15. The second-order valence-electron chi connectivity index (χ2n) is 7.62. The van der Waals surface area contributed by atoms with E-state index in [4.69, 9.17) is 18.9 Å². The van der Waals surface area contributed by atoms with Crippen LogP contribution in [0.1, 0.15) is 36.8 Å². The average molecular weight is 375 g/mol. The number of hydrogen-bond donors (Lipinski definition) is 0. The minimum absolute atomic E-state index is 0.0545. The van der Waals surface area contributed by atoms with Crippen molar-refractivity contribution in [3.8, 4) is 5.75 Å². The lowest BCUT2D eigenvalue weighted by atomic mass is 9.79. The Hall–Kier alpha value is -1.63. The number of rotatable bonds is 5. The maximum atomic E-state index is 12.5. The Morgan fingerprint density at radius 3 is 2.89 bits per heavy atom. The van der Waals surface area contributed by atoms with Gasteiger partial charge in [0.1, 0.15) is 18.0 Å². The number of piperidine rings is 1. The van der Waals surface area contributed by atoms with Crippen molar-refractivity contribution in [2.24, 2.45) is 0 Å². The van der Waals surface area contributed by atoms with Gasteiger partial charge in [0.25, 0.3) is 0 Å². The molecule has 0 aliphatic carbocycles. The van der Waals surface area contributed by atoms with Gasteiger partial charge in [-0.05, 0) is 43.7 Å². The minimum atomic E-state index is -0.338. The normalized spacial score (nSPS) is 24.0. The van der Waals surface area contributed by atoms with Crippen molar-refractivity contribution >= 4 is 5.91 Å². The molecule has 6 nitrogen and oxygen atoms in total. The van der Waals surface area contributed by atoms with Crippen molar-refractivity contribution in [3.63, 3.8) is 0 Å². The van der Waals surface area contributed by atoms with Crippen LogP contribution in [0.3, 0.4) is 0 Å². The molecule has 2 fully saturated rings. The summed E-state index contributed by atoms with van der Waals surface area (Å²) in [5.74, 6) is 0.950. The molecule has 0 N–H and O–H groups in total. The van der Waals surface area contributed by atoms with Crippen LogP contribution in [0, 0.1) is 0 Å². The van der Waals surface area contributed by atoms with Gasteiger partial charge in [0.05, 0.1) is 26.4 Å². The predicted octanol–water partition coefficient (Wildman–Crippen LogP) is 2.28. The predicted molar refractivity (Wildman–Crippen MR) is 99.9 cm³/mol. The van der Waals surface area contributed by atoms with Crippen LogP contribution in [-0.4, -0.2) is 63.5 Å². The molecule has 0 bridgehead atoms. The lowest BCUT2D eigenvalue weighted by Gasteiger charge is -2.45. The highest BCUT2D eigenvalue weighted by atomic mass is 16.5. The van der Waals surface area contributed by atoms with Crippen LogP contribution in [0.2, 0.25) is 0 Å². The summed E-state index contributed by atoms with van der Waals surface area (Å²) in [7, 11) is 1.71.